The second kappa shape index (κ2) is 3.66. The SMILES string of the molecule is NC(=O)C1(C(O)c2ccccc2)CCC1. The summed E-state index contributed by atoms with van der Waals surface area (Å²) in [7, 11) is 0. The van der Waals surface area contributed by atoms with Gasteiger partial charge in [-0.3, -0.25) is 4.79 Å². The number of aliphatic hydroxyl groups excluding tert-OH is 1. The van der Waals surface area contributed by atoms with E-state index in [9.17, 15) is 9.90 Å². The van der Waals surface area contributed by atoms with Gasteiger partial charge in [0.1, 0.15) is 0 Å². The van der Waals surface area contributed by atoms with Gasteiger partial charge in [0, 0.05) is 0 Å². The van der Waals surface area contributed by atoms with Gasteiger partial charge in [-0.1, -0.05) is 36.8 Å². The molecule has 3 N–H and O–H groups in total. The molecule has 0 aliphatic heterocycles. The van der Waals surface area contributed by atoms with Gasteiger partial charge in [0.05, 0.1) is 11.5 Å². The number of primary amides is 1. The van der Waals surface area contributed by atoms with Gasteiger partial charge >= 0.3 is 0 Å². The summed E-state index contributed by atoms with van der Waals surface area (Å²) in [6.45, 7) is 0. The first-order chi connectivity index (χ1) is 7.17. The van der Waals surface area contributed by atoms with Gasteiger partial charge in [-0.05, 0) is 18.4 Å². The molecule has 0 bridgehead atoms. The van der Waals surface area contributed by atoms with Crippen LogP contribution in [0, 0.1) is 5.41 Å². The largest absolute Gasteiger partial charge is 0.387 e. The molecule has 0 heterocycles. The standard InChI is InChI=1S/C12H15NO2/c13-11(15)12(7-4-8-12)10(14)9-5-2-1-3-6-9/h1-3,5-6,10,14H,4,7-8H2,(H2,13,15). The second-order valence-electron chi connectivity index (χ2n) is 4.19. The van der Waals surface area contributed by atoms with Crippen LogP contribution >= 0.6 is 0 Å². The van der Waals surface area contributed by atoms with Crippen LogP contribution in [0.4, 0.5) is 0 Å². The van der Waals surface area contributed by atoms with Crippen LogP contribution in [-0.4, -0.2) is 11.0 Å². The lowest BCUT2D eigenvalue weighted by Gasteiger charge is -2.42. The number of nitrogens with two attached hydrogens (primary N) is 1. The molecule has 0 radical (unpaired) electrons. The maximum atomic E-state index is 11.4. The van der Waals surface area contributed by atoms with Crippen LogP contribution in [0.3, 0.4) is 0 Å². The Bertz CT molecular complexity index is 357. The van der Waals surface area contributed by atoms with Gasteiger partial charge in [0.15, 0.2) is 0 Å². The highest BCUT2D eigenvalue weighted by atomic mass is 16.3. The molecule has 80 valence electrons. The van der Waals surface area contributed by atoms with Gasteiger partial charge in [0.25, 0.3) is 0 Å². The minimum absolute atomic E-state index is 0.384. The fraction of sp³-hybridized carbons (Fsp3) is 0.417. The third-order valence-corrected chi connectivity index (χ3v) is 3.38. The van der Waals surface area contributed by atoms with Gasteiger partial charge in [-0.15, -0.1) is 0 Å². The molecular formula is C12H15NO2. The Hall–Kier alpha value is -1.35. The predicted octanol–water partition coefficient (Wildman–Crippen LogP) is 1.38. The predicted molar refractivity (Wildman–Crippen MR) is 56.9 cm³/mol. The molecule has 1 aliphatic rings. The Morgan fingerprint density at radius 3 is 2.33 bits per heavy atom. The highest BCUT2D eigenvalue weighted by molar-refractivity contribution is 5.82. The number of hydrogen-bond donors (Lipinski definition) is 2. The lowest BCUT2D eigenvalue weighted by molar-refractivity contribution is -0.143. The molecule has 1 unspecified atom stereocenters. The topological polar surface area (TPSA) is 63.3 Å². The zero-order chi connectivity index (χ0) is 10.9. The number of rotatable bonds is 3. The quantitative estimate of drug-likeness (QED) is 0.783. The average Bonchev–Trinajstić information content (AvgIpc) is 2.16. The molecule has 1 atom stereocenters. The highest BCUT2D eigenvalue weighted by Gasteiger charge is 2.49. The summed E-state index contributed by atoms with van der Waals surface area (Å²) in [5.41, 5.74) is 5.43. The molecule has 1 aromatic carbocycles. The molecule has 1 aromatic rings. The average molecular weight is 205 g/mol. The van der Waals surface area contributed by atoms with Crippen molar-refractivity contribution in [1.29, 1.82) is 0 Å². The van der Waals surface area contributed by atoms with E-state index in [0.29, 0.717) is 12.8 Å². The summed E-state index contributed by atoms with van der Waals surface area (Å²) in [6.07, 6.45) is 1.59. The number of carbonyl (C=O) groups is 1. The van der Waals surface area contributed by atoms with Crippen molar-refractivity contribution in [3.63, 3.8) is 0 Å². The number of hydrogen-bond acceptors (Lipinski definition) is 2. The van der Waals surface area contributed by atoms with Crippen LogP contribution in [0.1, 0.15) is 30.9 Å². The van der Waals surface area contributed by atoms with Gasteiger partial charge < -0.3 is 10.8 Å². The van der Waals surface area contributed by atoms with Gasteiger partial charge in [-0.25, -0.2) is 0 Å². The van der Waals surface area contributed by atoms with E-state index in [1.54, 1.807) is 0 Å². The van der Waals surface area contributed by atoms with E-state index < -0.39 is 11.5 Å². The smallest absolute Gasteiger partial charge is 0.226 e. The maximum absolute atomic E-state index is 11.4. The first-order valence-corrected chi connectivity index (χ1v) is 5.20. The maximum Gasteiger partial charge on any atom is 0.226 e. The number of aliphatic hydroxyl groups is 1. The first-order valence-electron chi connectivity index (χ1n) is 5.20. The second-order valence-corrected chi connectivity index (χ2v) is 4.19. The van der Waals surface area contributed by atoms with Crippen LogP contribution in [-0.2, 0) is 4.79 Å². The van der Waals surface area contributed by atoms with Crippen molar-refractivity contribution in [3.05, 3.63) is 35.9 Å². The first kappa shape index (κ1) is 10.2. The molecule has 1 amide bonds. The number of carbonyl (C=O) groups excluding carboxylic acids is 1. The Labute approximate surface area is 88.9 Å². The normalized spacial score (nSPS) is 20.3. The van der Waals surface area contributed by atoms with Crippen LogP contribution in [0.2, 0.25) is 0 Å². The lowest BCUT2D eigenvalue weighted by Crippen LogP contribution is -2.47. The fourth-order valence-corrected chi connectivity index (χ4v) is 2.17. The third kappa shape index (κ3) is 1.53. The minimum atomic E-state index is -0.759. The zero-order valence-electron chi connectivity index (χ0n) is 8.52. The van der Waals surface area contributed by atoms with E-state index >= 15 is 0 Å². The third-order valence-electron chi connectivity index (χ3n) is 3.38. The molecule has 1 fully saturated rings. The van der Waals surface area contributed by atoms with E-state index in [-0.39, 0.29) is 5.91 Å². The Morgan fingerprint density at radius 2 is 1.93 bits per heavy atom. The van der Waals surface area contributed by atoms with Crippen molar-refractivity contribution in [2.45, 2.75) is 25.4 Å². The molecule has 0 aromatic heterocycles. The van der Waals surface area contributed by atoms with Crippen molar-refractivity contribution in [2.24, 2.45) is 11.1 Å². The molecule has 1 saturated carbocycles. The monoisotopic (exact) mass is 205 g/mol. The molecule has 0 saturated heterocycles. The Morgan fingerprint density at radius 1 is 1.33 bits per heavy atom. The summed E-state index contributed by atoms with van der Waals surface area (Å²) in [6, 6.07) is 9.24. The number of amides is 1. The van der Waals surface area contributed by atoms with Crippen molar-refractivity contribution in [2.75, 3.05) is 0 Å². The highest BCUT2D eigenvalue weighted by Crippen LogP contribution is 2.49. The van der Waals surface area contributed by atoms with E-state index in [4.69, 9.17) is 5.73 Å². The molecule has 15 heavy (non-hydrogen) atoms. The van der Waals surface area contributed by atoms with E-state index in [2.05, 4.69) is 0 Å². The van der Waals surface area contributed by atoms with Crippen LogP contribution in [0.25, 0.3) is 0 Å². The Kier molecular flexibility index (Phi) is 2.49. The molecule has 2 rings (SSSR count). The van der Waals surface area contributed by atoms with Gasteiger partial charge in [-0.2, -0.15) is 0 Å². The van der Waals surface area contributed by atoms with Crippen LogP contribution < -0.4 is 5.73 Å². The fourth-order valence-electron chi connectivity index (χ4n) is 2.17. The van der Waals surface area contributed by atoms with E-state index in [1.807, 2.05) is 30.3 Å². The minimum Gasteiger partial charge on any atom is -0.387 e. The van der Waals surface area contributed by atoms with Gasteiger partial charge in [0.2, 0.25) is 5.91 Å². The van der Waals surface area contributed by atoms with Crippen LogP contribution in [0.15, 0.2) is 30.3 Å². The number of benzene rings is 1. The summed E-state index contributed by atoms with van der Waals surface area (Å²) in [4.78, 5) is 11.4. The lowest BCUT2D eigenvalue weighted by atomic mass is 9.63. The molecule has 0 spiro atoms. The molecule has 3 nitrogen and oxygen atoms in total. The van der Waals surface area contributed by atoms with Crippen molar-refractivity contribution in [1.82, 2.24) is 0 Å². The summed E-state index contributed by atoms with van der Waals surface area (Å²) in [5.74, 6) is -0.384. The zero-order valence-corrected chi connectivity index (χ0v) is 8.52. The molecular weight excluding hydrogens is 190 g/mol. The van der Waals surface area contributed by atoms with E-state index in [1.165, 1.54) is 0 Å². The molecule has 3 heteroatoms. The molecule has 1 aliphatic carbocycles. The van der Waals surface area contributed by atoms with Crippen LogP contribution in [0.5, 0.6) is 0 Å². The van der Waals surface area contributed by atoms with Crippen molar-refractivity contribution >= 4 is 5.91 Å². The van der Waals surface area contributed by atoms with Crippen molar-refractivity contribution < 1.29 is 9.90 Å². The summed E-state index contributed by atoms with van der Waals surface area (Å²) < 4.78 is 0. The summed E-state index contributed by atoms with van der Waals surface area (Å²) in [5, 5.41) is 10.2. The van der Waals surface area contributed by atoms with E-state index in [0.717, 1.165) is 12.0 Å². The Balaban J connectivity index is 2.27. The summed E-state index contributed by atoms with van der Waals surface area (Å²) >= 11 is 0. The van der Waals surface area contributed by atoms with Crippen molar-refractivity contribution in [3.8, 4) is 0 Å².